The fourth-order valence-electron chi connectivity index (χ4n) is 2.15. The molecule has 0 saturated carbocycles. The van der Waals surface area contributed by atoms with Crippen LogP contribution in [0.25, 0.3) is 0 Å². The van der Waals surface area contributed by atoms with Crippen molar-refractivity contribution in [2.75, 3.05) is 0 Å². The van der Waals surface area contributed by atoms with Crippen LogP contribution in [0.15, 0.2) is 48.5 Å². The first-order valence-corrected chi connectivity index (χ1v) is 7.71. The van der Waals surface area contributed by atoms with Crippen LogP contribution in [0.1, 0.15) is 24.5 Å². The highest BCUT2D eigenvalue weighted by atomic mass is 35.5. The van der Waals surface area contributed by atoms with Crippen molar-refractivity contribution < 1.29 is 9.53 Å². The number of hydrogen-bond acceptors (Lipinski definition) is 2. The summed E-state index contributed by atoms with van der Waals surface area (Å²) in [5.41, 5.74) is 2.25. The number of carbonyl (C=O) groups is 1. The second-order valence-electron chi connectivity index (χ2n) is 5.18. The lowest BCUT2D eigenvalue weighted by atomic mass is 10.1. The molecule has 22 heavy (non-hydrogen) atoms. The summed E-state index contributed by atoms with van der Waals surface area (Å²) in [5, 5.41) is 3.51. The van der Waals surface area contributed by atoms with E-state index in [-0.39, 0.29) is 5.91 Å². The molecule has 0 aliphatic heterocycles. The molecule has 2 aromatic rings. The average molecular weight is 318 g/mol. The molecule has 116 valence electrons. The monoisotopic (exact) mass is 317 g/mol. The van der Waals surface area contributed by atoms with Crippen molar-refractivity contribution in [1.29, 1.82) is 0 Å². The van der Waals surface area contributed by atoms with E-state index >= 15 is 0 Å². The van der Waals surface area contributed by atoms with Crippen molar-refractivity contribution in [3.05, 3.63) is 64.7 Å². The Hall–Kier alpha value is -2.00. The van der Waals surface area contributed by atoms with E-state index in [0.717, 1.165) is 5.56 Å². The molecule has 1 atom stereocenters. The van der Waals surface area contributed by atoms with E-state index in [1.165, 1.54) is 5.56 Å². The molecular formula is C18H20ClNO2. The number of carbonyl (C=O) groups excluding carboxylic acids is 1. The van der Waals surface area contributed by atoms with E-state index in [0.29, 0.717) is 23.7 Å². The molecule has 0 heterocycles. The molecule has 0 fully saturated rings. The summed E-state index contributed by atoms with van der Waals surface area (Å²) in [4.78, 5) is 12.3. The molecular weight excluding hydrogens is 298 g/mol. The number of ether oxygens (including phenoxy) is 1. The minimum atomic E-state index is -0.525. The van der Waals surface area contributed by atoms with Crippen molar-refractivity contribution >= 4 is 17.5 Å². The lowest BCUT2D eigenvalue weighted by Gasteiger charge is -2.17. The van der Waals surface area contributed by atoms with Crippen molar-refractivity contribution in [3.63, 3.8) is 0 Å². The van der Waals surface area contributed by atoms with Crippen LogP contribution in [0.2, 0.25) is 5.02 Å². The standard InChI is InChI=1S/C18H20ClNO2/c1-3-17(22-16-9-5-8-15(19)11-16)18(21)20-12-14-7-4-6-13(2)10-14/h4-11,17H,3,12H2,1-2H3,(H,20,21)/t17-/m0/s1. The molecule has 0 aliphatic carbocycles. The number of hydrogen-bond donors (Lipinski definition) is 1. The maximum atomic E-state index is 12.3. The molecule has 1 amide bonds. The Kier molecular flexibility index (Phi) is 5.84. The highest BCUT2D eigenvalue weighted by Gasteiger charge is 2.18. The topological polar surface area (TPSA) is 38.3 Å². The Morgan fingerprint density at radius 3 is 2.68 bits per heavy atom. The minimum Gasteiger partial charge on any atom is -0.481 e. The Morgan fingerprint density at radius 2 is 2.00 bits per heavy atom. The Bertz CT molecular complexity index is 642. The zero-order valence-electron chi connectivity index (χ0n) is 12.8. The van der Waals surface area contributed by atoms with Gasteiger partial charge in [0, 0.05) is 11.6 Å². The van der Waals surface area contributed by atoms with E-state index in [2.05, 4.69) is 11.4 Å². The van der Waals surface area contributed by atoms with Crippen LogP contribution in [0.4, 0.5) is 0 Å². The number of amides is 1. The number of benzene rings is 2. The Labute approximate surface area is 136 Å². The van der Waals surface area contributed by atoms with Crippen LogP contribution < -0.4 is 10.1 Å². The maximum absolute atomic E-state index is 12.3. The normalized spacial score (nSPS) is 11.8. The number of halogens is 1. The molecule has 0 bridgehead atoms. The van der Waals surface area contributed by atoms with Crippen LogP contribution in [-0.2, 0) is 11.3 Å². The molecule has 2 aromatic carbocycles. The maximum Gasteiger partial charge on any atom is 0.261 e. The number of aryl methyl sites for hydroxylation is 1. The first kappa shape index (κ1) is 16.4. The summed E-state index contributed by atoms with van der Waals surface area (Å²) in [6.45, 7) is 4.44. The van der Waals surface area contributed by atoms with Gasteiger partial charge >= 0.3 is 0 Å². The molecule has 0 unspecified atom stereocenters. The van der Waals surface area contributed by atoms with Gasteiger partial charge in [-0.15, -0.1) is 0 Å². The number of rotatable bonds is 6. The molecule has 2 rings (SSSR count). The van der Waals surface area contributed by atoms with Crippen molar-refractivity contribution in [3.8, 4) is 5.75 Å². The third-order valence-corrected chi connectivity index (χ3v) is 3.52. The van der Waals surface area contributed by atoms with E-state index in [1.807, 2.05) is 32.0 Å². The van der Waals surface area contributed by atoms with Crippen LogP contribution in [0, 0.1) is 6.92 Å². The summed E-state index contributed by atoms with van der Waals surface area (Å²) in [6, 6.07) is 15.1. The molecule has 0 aliphatic rings. The smallest absolute Gasteiger partial charge is 0.261 e. The van der Waals surface area contributed by atoms with E-state index in [4.69, 9.17) is 16.3 Å². The quantitative estimate of drug-likeness (QED) is 0.870. The lowest BCUT2D eigenvalue weighted by Crippen LogP contribution is -2.37. The zero-order chi connectivity index (χ0) is 15.9. The van der Waals surface area contributed by atoms with Crippen molar-refractivity contribution in [2.45, 2.75) is 32.9 Å². The van der Waals surface area contributed by atoms with Gasteiger partial charge in [-0.3, -0.25) is 4.79 Å². The van der Waals surface area contributed by atoms with E-state index in [1.54, 1.807) is 24.3 Å². The zero-order valence-corrected chi connectivity index (χ0v) is 13.6. The van der Waals surface area contributed by atoms with Gasteiger partial charge in [-0.25, -0.2) is 0 Å². The summed E-state index contributed by atoms with van der Waals surface area (Å²) in [6.07, 6.45) is 0.0647. The summed E-state index contributed by atoms with van der Waals surface area (Å²) < 4.78 is 5.72. The number of nitrogens with one attached hydrogen (secondary N) is 1. The van der Waals surface area contributed by atoms with Gasteiger partial charge in [0.15, 0.2) is 6.10 Å². The highest BCUT2D eigenvalue weighted by Crippen LogP contribution is 2.19. The Morgan fingerprint density at radius 1 is 1.23 bits per heavy atom. The molecule has 1 N–H and O–H groups in total. The molecule has 0 radical (unpaired) electrons. The summed E-state index contributed by atoms with van der Waals surface area (Å²) in [5.74, 6) is 0.481. The summed E-state index contributed by atoms with van der Waals surface area (Å²) in [7, 11) is 0. The highest BCUT2D eigenvalue weighted by molar-refractivity contribution is 6.30. The van der Waals surface area contributed by atoms with Crippen molar-refractivity contribution in [1.82, 2.24) is 5.32 Å². The van der Waals surface area contributed by atoms with Gasteiger partial charge in [0.05, 0.1) is 0 Å². The average Bonchev–Trinajstić information content (AvgIpc) is 2.50. The van der Waals surface area contributed by atoms with Gasteiger partial charge in [-0.1, -0.05) is 54.4 Å². The lowest BCUT2D eigenvalue weighted by molar-refractivity contribution is -0.128. The fourth-order valence-corrected chi connectivity index (χ4v) is 2.33. The van der Waals surface area contributed by atoms with Gasteiger partial charge in [0.2, 0.25) is 0 Å². The molecule has 0 spiro atoms. The Balaban J connectivity index is 1.94. The predicted octanol–water partition coefficient (Wildman–Crippen LogP) is 4.12. The first-order valence-electron chi connectivity index (χ1n) is 7.34. The summed E-state index contributed by atoms with van der Waals surface area (Å²) >= 11 is 5.93. The molecule has 0 saturated heterocycles. The third-order valence-electron chi connectivity index (χ3n) is 3.29. The van der Waals surface area contributed by atoms with Gasteiger partial charge in [0.1, 0.15) is 5.75 Å². The fraction of sp³-hybridized carbons (Fsp3) is 0.278. The van der Waals surface area contributed by atoms with Crippen LogP contribution >= 0.6 is 11.6 Å². The van der Waals surface area contributed by atoms with E-state index < -0.39 is 6.10 Å². The van der Waals surface area contributed by atoms with Gasteiger partial charge < -0.3 is 10.1 Å². The first-order chi connectivity index (χ1) is 10.6. The van der Waals surface area contributed by atoms with Gasteiger partial charge in [-0.2, -0.15) is 0 Å². The molecule has 4 heteroatoms. The minimum absolute atomic E-state index is 0.121. The third kappa shape index (κ3) is 4.78. The largest absolute Gasteiger partial charge is 0.481 e. The van der Waals surface area contributed by atoms with E-state index in [9.17, 15) is 4.79 Å². The van der Waals surface area contributed by atoms with Gasteiger partial charge in [0.25, 0.3) is 5.91 Å². The van der Waals surface area contributed by atoms with Crippen LogP contribution in [0.3, 0.4) is 0 Å². The molecule has 0 aromatic heterocycles. The van der Waals surface area contributed by atoms with Crippen molar-refractivity contribution in [2.24, 2.45) is 0 Å². The second-order valence-corrected chi connectivity index (χ2v) is 5.62. The second kappa shape index (κ2) is 7.85. The molecule has 3 nitrogen and oxygen atoms in total. The SMILES string of the molecule is CC[C@H](Oc1cccc(Cl)c1)C(=O)NCc1cccc(C)c1. The predicted molar refractivity (Wildman–Crippen MR) is 89.2 cm³/mol. The van der Waals surface area contributed by atoms with Crippen LogP contribution in [0.5, 0.6) is 5.75 Å². The van der Waals surface area contributed by atoms with Gasteiger partial charge in [-0.05, 0) is 37.1 Å². The van der Waals surface area contributed by atoms with Crippen LogP contribution in [-0.4, -0.2) is 12.0 Å².